The number of rotatable bonds is 3. The van der Waals surface area contributed by atoms with Gasteiger partial charge in [0.25, 0.3) is 0 Å². The van der Waals surface area contributed by atoms with Gasteiger partial charge in [-0.05, 0) is 24.1 Å². The van der Waals surface area contributed by atoms with E-state index < -0.39 is 17.2 Å². The smallest absolute Gasteiger partial charge is 0.159 e. The van der Waals surface area contributed by atoms with Gasteiger partial charge in [0.15, 0.2) is 11.6 Å². The molecule has 0 aliphatic carbocycles. The Morgan fingerprint density at radius 1 is 1.39 bits per heavy atom. The highest BCUT2D eigenvalue weighted by atomic mass is 19.2. The second-order valence-electron chi connectivity index (χ2n) is 4.90. The monoisotopic (exact) mass is 256 g/mol. The Balaban J connectivity index is 2.21. The van der Waals surface area contributed by atoms with E-state index in [-0.39, 0.29) is 6.10 Å². The summed E-state index contributed by atoms with van der Waals surface area (Å²) in [6.07, 6.45) is 2.68. The number of aliphatic hydroxyl groups is 1. The predicted octanol–water partition coefficient (Wildman–Crippen LogP) is 3.13. The number of halogens is 2. The molecule has 1 aliphatic rings. The molecule has 1 heterocycles. The summed E-state index contributed by atoms with van der Waals surface area (Å²) in [6, 6.07) is 3.60. The van der Waals surface area contributed by atoms with Crippen molar-refractivity contribution < 1.29 is 18.6 Å². The Labute approximate surface area is 106 Å². The zero-order valence-corrected chi connectivity index (χ0v) is 10.5. The topological polar surface area (TPSA) is 29.5 Å². The molecule has 2 rings (SSSR count). The van der Waals surface area contributed by atoms with Crippen LogP contribution < -0.4 is 0 Å². The van der Waals surface area contributed by atoms with E-state index in [0.717, 1.165) is 25.0 Å². The van der Waals surface area contributed by atoms with Gasteiger partial charge in [-0.3, -0.25) is 0 Å². The molecular formula is C14H18F2O2. The van der Waals surface area contributed by atoms with Crippen LogP contribution in [0.15, 0.2) is 18.2 Å². The molecule has 2 nitrogen and oxygen atoms in total. The van der Waals surface area contributed by atoms with E-state index in [9.17, 15) is 13.9 Å². The Morgan fingerprint density at radius 3 is 2.83 bits per heavy atom. The van der Waals surface area contributed by atoms with E-state index >= 15 is 0 Å². The normalized spacial score (nSPS) is 28.3. The molecule has 18 heavy (non-hydrogen) atoms. The van der Waals surface area contributed by atoms with Crippen LogP contribution in [0.1, 0.15) is 38.2 Å². The van der Waals surface area contributed by atoms with Crippen molar-refractivity contribution >= 4 is 0 Å². The molecule has 1 aromatic rings. The van der Waals surface area contributed by atoms with Crippen molar-refractivity contribution in [1.82, 2.24) is 0 Å². The van der Waals surface area contributed by atoms with Crippen molar-refractivity contribution in [2.24, 2.45) is 0 Å². The second-order valence-corrected chi connectivity index (χ2v) is 4.90. The summed E-state index contributed by atoms with van der Waals surface area (Å²) in [5.74, 6) is -1.81. The molecule has 0 amide bonds. The van der Waals surface area contributed by atoms with Crippen molar-refractivity contribution in [3.05, 3.63) is 35.4 Å². The Hall–Kier alpha value is -1.00. The maximum atomic E-state index is 13.2. The Bertz CT molecular complexity index is 420. The summed E-state index contributed by atoms with van der Waals surface area (Å²) in [5.41, 5.74) is -0.669. The van der Waals surface area contributed by atoms with Gasteiger partial charge >= 0.3 is 0 Å². The van der Waals surface area contributed by atoms with E-state index in [4.69, 9.17) is 4.74 Å². The molecule has 1 saturated heterocycles. The van der Waals surface area contributed by atoms with Crippen LogP contribution in [0, 0.1) is 11.6 Å². The summed E-state index contributed by atoms with van der Waals surface area (Å²) in [7, 11) is 0. The van der Waals surface area contributed by atoms with Gasteiger partial charge in [0.05, 0.1) is 18.3 Å². The van der Waals surface area contributed by atoms with Crippen LogP contribution in [0.25, 0.3) is 0 Å². The average molecular weight is 256 g/mol. The van der Waals surface area contributed by atoms with Gasteiger partial charge in [0.1, 0.15) is 0 Å². The molecule has 1 aromatic carbocycles. The summed E-state index contributed by atoms with van der Waals surface area (Å²) >= 11 is 0. The van der Waals surface area contributed by atoms with Crippen LogP contribution in [-0.2, 0) is 10.3 Å². The lowest BCUT2D eigenvalue weighted by Gasteiger charge is -2.37. The predicted molar refractivity (Wildman–Crippen MR) is 64.1 cm³/mol. The number of hydrogen-bond acceptors (Lipinski definition) is 2. The van der Waals surface area contributed by atoms with Crippen LogP contribution in [0.3, 0.4) is 0 Å². The van der Waals surface area contributed by atoms with Crippen molar-refractivity contribution in [1.29, 1.82) is 0 Å². The van der Waals surface area contributed by atoms with E-state index in [1.807, 2.05) is 0 Å². The molecule has 1 fully saturated rings. The molecule has 0 spiro atoms. The minimum atomic E-state index is -1.10. The van der Waals surface area contributed by atoms with Crippen LogP contribution in [0.2, 0.25) is 0 Å². The van der Waals surface area contributed by atoms with Crippen molar-refractivity contribution in [2.45, 2.75) is 44.3 Å². The van der Waals surface area contributed by atoms with Crippen LogP contribution >= 0.6 is 0 Å². The minimum absolute atomic E-state index is 0.0122. The molecule has 2 unspecified atom stereocenters. The lowest BCUT2D eigenvalue weighted by atomic mass is 9.83. The van der Waals surface area contributed by atoms with Crippen LogP contribution in [-0.4, -0.2) is 17.8 Å². The molecule has 0 aromatic heterocycles. The van der Waals surface area contributed by atoms with E-state index in [2.05, 4.69) is 6.92 Å². The van der Waals surface area contributed by atoms with Gasteiger partial charge in [-0.25, -0.2) is 8.78 Å². The summed E-state index contributed by atoms with van der Waals surface area (Å²) in [4.78, 5) is 0. The fourth-order valence-corrected chi connectivity index (χ4v) is 2.49. The SMILES string of the molecule is CCCC1CC(O)(c2ccc(F)c(F)c2)CCO1. The fraction of sp³-hybridized carbons (Fsp3) is 0.571. The zero-order valence-electron chi connectivity index (χ0n) is 10.5. The van der Waals surface area contributed by atoms with Gasteiger partial charge < -0.3 is 9.84 Å². The summed E-state index contributed by atoms with van der Waals surface area (Å²) in [5, 5.41) is 10.6. The largest absolute Gasteiger partial charge is 0.385 e. The molecule has 4 heteroatoms. The van der Waals surface area contributed by atoms with Crippen LogP contribution in [0.5, 0.6) is 0 Å². The van der Waals surface area contributed by atoms with Crippen LogP contribution in [0.4, 0.5) is 8.78 Å². The molecule has 0 saturated carbocycles. The average Bonchev–Trinajstić information content (AvgIpc) is 2.33. The molecular weight excluding hydrogens is 238 g/mol. The van der Waals surface area contributed by atoms with E-state index in [1.54, 1.807) is 0 Å². The van der Waals surface area contributed by atoms with Crippen molar-refractivity contribution in [3.8, 4) is 0 Å². The fourth-order valence-electron chi connectivity index (χ4n) is 2.49. The first-order chi connectivity index (χ1) is 8.55. The lowest BCUT2D eigenvalue weighted by Crippen LogP contribution is -2.38. The molecule has 2 atom stereocenters. The van der Waals surface area contributed by atoms with E-state index in [1.165, 1.54) is 6.07 Å². The molecule has 1 N–H and O–H groups in total. The summed E-state index contributed by atoms with van der Waals surface area (Å²) in [6.45, 7) is 2.49. The van der Waals surface area contributed by atoms with Crippen molar-refractivity contribution in [3.63, 3.8) is 0 Å². The third-order valence-electron chi connectivity index (χ3n) is 3.50. The van der Waals surface area contributed by atoms with Gasteiger partial charge in [0, 0.05) is 12.8 Å². The van der Waals surface area contributed by atoms with Gasteiger partial charge in [-0.1, -0.05) is 19.4 Å². The van der Waals surface area contributed by atoms with Gasteiger partial charge in [-0.2, -0.15) is 0 Å². The standard InChI is InChI=1S/C14H18F2O2/c1-2-3-11-9-14(17,6-7-18-11)10-4-5-12(15)13(16)8-10/h4-5,8,11,17H,2-3,6-7,9H2,1H3. The van der Waals surface area contributed by atoms with E-state index in [0.29, 0.717) is 25.0 Å². The first-order valence-corrected chi connectivity index (χ1v) is 6.34. The Kier molecular flexibility index (Phi) is 3.97. The molecule has 100 valence electrons. The quantitative estimate of drug-likeness (QED) is 0.900. The summed E-state index contributed by atoms with van der Waals surface area (Å²) < 4.78 is 31.7. The maximum Gasteiger partial charge on any atom is 0.159 e. The highest BCUT2D eigenvalue weighted by Crippen LogP contribution is 2.36. The molecule has 0 radical (unpaired) electrons. The highest BCUT2D eigenvalue weighted by Gasteiger charge is 2.36. The zero-order chi connectivity index (χ0) is 13.2. The molecule has 1 aliphatic heterocycles. The third-order valence-corrected chi connectivity index (χ3v) is 3.50. The number of hydrogen-bond donors (Lipinski definition) is 1. The minimum Gasteiger partial charge on any atom is -0.385 e. The van der Waals surface area contributed by atoms with Gasteiger partial charge in [0.2, 0.25) is 0 Å². The maximum absolute atomic E-state index is 13.2. The number of ether oxygens (including phenoxy) is 1. The van der Waals surface area contributed by atoms with Gasteiger partial charge in [-0.15, -0.1) is 0 Å². The Morgan fingerprint density at radius 2 is 2.17 bits per heavy atom. The first-order valence-electron chi connectivity index (χ1n) is 6.34. The third kappa shape index (κ3) is 2.70. The highest BCUT2D eigenvalue weighted by molar-refractivity contribution is 5.25. The lowest BCUT2D eigenvalue weighted by molar-refractivity contribution is -0.110. The first kappa shape index (κ1) is 13.4. The second kappa shape index (κ2) is 5.33. The number of benzene rings is 1. The van der Waals surface area contributed by atoms with Crippen molar-refractivity contribution in [2.75, 3.05) is 6.61 Å². The molecule has 0 bridgehead atoms.